The van der Waals surface area contributed by atoms with E-state index in [1.165, 1.54) is 148 Å². The van der Waals surface area contributed by atoms with Crippen LogP contribution in [0.5, 0.6) is 0 Å². The minimum Gasteiger partial charge on any atom is -0.456 e. The Morgan fingerprint density at radius 3 is 1.09 bits per heavy atom. The third-order valence-corrected chi connectivity index (χ3v) is 16.2. The molecule has 0 aliphatic heterocycles. The van der Waals surface area contributed by atoms with Gasteiger partial charge in [-0.3, -0.25) is 18.6 Å². The van der Waals surface area contributed by atoms with Gasteiger partial charge < -0.3 is 19.4 Å². The SMILES string of the molecule is CCCCC/C=C\C/C=C\C/C=C\C/C=C\CCCCCCCCCCCC(=O)OC(/C=C/CCCCCCCCCCC)C(COP(=O)(O)OCC[N+](C)(C)C)NC(=O)CCCCCCCCC/C=C\C/C=C\C/C=C\C/C=C\CCCCC. The number of phosphoric ester groups is 1. The number of allylic oxidation sites excluding steroid dienone is 17. The smallest absolute Gasteiger partial charge is 0.456 e. The molecular formula is C75H134N2O7P+. The number of nitrogens with zero attached hydrogens (tertiary/aromatic N) is 1. The van der Waals surface area contributed by atoms with Crippen molar-refractivity contribution in [3.8, 4) is 0 Å². The van der Waals surface area contributed by atoms with Gasteiger partial charge in [-0.2, -0.15) is 0 Å². The number of ether oxygens (including phenoxy) is 1. The zero-order valence-electron chi connectivity index (χ0n) is 56.1. The number of hydrogen-bond acceptors (Lipinski definition) is 6. The number of unbranched alkanes of at least 4 members (excludes halogenated alkanes) is 31. The summed E-state index contributed by atoms with van der Waals surface area (Å²) < 4.78 is 30.8. The summed E-state index contributed by atoms with van der Waals surface area (Å²) >= 11 is 0. The maximum atomic E-state index is 13.6. The first-order chi connectivity index (χ1) is 41.4. The summed E-state index contributed by atoms with van der Waals surface area (Å²) in [6.07, 6.45) is 88.1. The highest BCUT2D eigenvalue weighted by atomic mass is 31.2. The molecular weight excluding hydrogens is 1070 g/mol. The summed E-state index contributed by atoms with van der Waals surface area (Å²) in [4.78, 5) is 37.9. The fourth-order valence-corrected chi connectivity index (χ4v) is 10.5. The zero-order valence-corrected chi connectivity index (χ0v) is 57.0. The van der Waals surface area contributed by atoms with Gasteiger partial charge in [0, 0.05) is 12.8 Å². The number of amides is 1. The van der Waals surface area contributed by atoms with Gasteiger partial charge in [0.25, 0.3) is 0 Å². The topological polar surface area (TPSA) is 111 Å². The van der Waals surface area contributed by atoms with Crippen molar-refractivity contribution in [2.45, 2.75) is 315 Å². The molecule has 0 aromatic rings. The molecule has 0 saturated carbocycles. The van der Waals surface area contributed by atoms with E-state index >= 15 is 0 Å². The summed E-state index contributed by atoms with van der Waals surface area (Å²) in [5.74, 6) is -0.525. The summed E-state index contributed by atoms with van der Waals surface area (Å²) in [6, 6.07) is -0.864. The quantitative estimate of drug-likeness (QED) is 0.0205. The molecule has 0 aromatic carbocycles. The number of hydrogen-bond donors (Lipinski definition) is 2. The lowest BCUT2D eigenvalue weighted by atomic mass is 10.0. The van der Waals surface area contributed by atoms with Crippen molar-refractivity contribution in [1.29, 1.82) is 0 Å². The molecule has 9 nitrogen and oxygen atoms in total. The molecule has 0 saturated heterocycles. The molecule has 0 rings (SSSR count). The standard InChI is InChI=1S/C75H133N2O7P/c1-7-10-13-16-19-22-25-27-29-31-33-35-37-38-40-42-44-46-48-50-53-56-59-62-65-68-75(79)84-73(66-63-60-57-54-51-24-21-18-15-12-9-3)72(71-83-85(80,81)82-70-69-77(4,5)6)76-74(78)67-64-61-58-55-52-49-47-45-43-41-39-36-34-32-30-28-26-23-20-17-14-11-8-2/h19-20,22-23,27-30,33-36,38,40-41,43,63,66,72-73H,7-18,21,24-26,31-32,37,39,42,44-62,64-65,67-71H2,1-6H3,(H-,76,78,80,81)/p+1/b22-19-,23-20-,29-27-,30-28-,35-33-,36-34-,40-38-,43-41-,66-63+. The fraction of sp³-hybridized carbons (Fsp3) is 0.733. The first-order valence-corrected chi connectivity index (χ1v) is 36.7. The third-order valence-electron chi connectivity index (χ3n) is 15.2. The van der Waals surface area contributed by atoms with E-state index in [0.29, 0.717) is 17.4 Å². The van der Waals surface area contributed by atoms with Crippen molar-refractivity contribution in [1.82, 2.24) is 5.32 Å². The molecule has 0 fully saturated rings. The van der Waals surface area contributed by atoms with Crippen LogP contribution in [0.2, 0.25) is 0 Å². The maximum Gasteiger partial charge on any atom is 0.472 e. The Labute approximate surface area is 525 Å². The van der Waals surface area contributed by atoms with Gasteiger partial charge in [-0.25, -0.2) is 4.57 Å². The second-order valence-corrected chi connectivity index (χ2v) is 26.1. The van der Waals surface area contributed by atoms with E-state index < -0.39 is 20.0 Å². The normalized spacial score (nSPS) is 14.2. The lowest BCUT2D eigenvalue weighted by Gasteiger charge is -2.27. The Kier molecular flexibility index (Phi) is 61.2. The monoisotopic (exact) mass is 1210 g/mol. The van der Waals surface area contributed by atoms with E-state index in [9.17, 15) is 19.0 Å². The Hall–Kier alpha value is -3.33. The van der Waals surface area contributed by atoms with E-state index in [1.807, 2.05) is 33.3 Å². The first-order valence-electron chi connectivity index (χ1n) is 35.2. The number of carbonyl (C=O) groups excluding carboxylic acids is 2. The Morgan fingerprint density at radius 1 is 0.412 bits per heavy atom. The van der Waals surface area contributed by atoms with Crippen LogP contribution in [0.3, 0.4) is 0 Å². The summed E-state index contributed by atoms with van der Waals surface area (Å²) in [6.45, 7) is 6.95. The highest BCUT2D eigenvalue weighted by Crippen LogP contribution is 2.43. The number of rotatable bonds is 63. The molecule has 0 spiro atoms. The molecule has 0 bridgehead atoms. The minimum absolute atomic E-state index is 0.0318. The summed E-state index contributed by atoms with van der Waals surface area (Å²) in [5.41, 5.74) is 0. The lowest BCUT2D eigenvalue weighted by Crippen LogP contribution is -2.47. The van der Waals surface area contributed by atoms with Crippen molar-refractivity contribution in [2.75, 3.05) is 40.9 Å². The minimum atomic E-state index is -4.46. The Balaban J connectivity index is 5.10. The zero-order chi connectivity index (χ0) is 62.1. The first kappa shape index (κ1) is 81.7. The van der Waals surface area contributed by atoms with Gasteiger partial charge in [0.1, 0.15) is 19.3 Å². The van der Waals surface area contributed by atoms with E-state index in [-0.39, 0.29) is 31.5 Å². The van der Waals surface area contributed by atoms with Crippen molar-refractivity contribution >= 4 is 19.7 Å². The highest BCUT2D eigenvalue weighted by molar-refractivity contribution is 7.47. The van der Waals surface area contributed by atoms with Crippen molar-refractivity contribution in [3.05, 3.63) is 109 Å². The number of esters is 1. The highest BCUT2D eigenvalue weighted by Gasteiger charge is 2.30. The molecule has 0 aromatic heterocycles. The van der Waals surface area contributed by atoms with Gasteiger partial charge in [0.15, 0.2) is 0 Å². The van der Waals surface area contributed by atoms with Crippen LogP contribution < -0.4 is 5.32 Å². The van der Waals surface area contributed by atoms with Crippen LogP contribution in [0.4, 0.5) is 0 Å². The van der Waals surface area contributed by atoms with Gasteiger partial charge in [-0.05, 0) is 122 Å². The van der Waals surface area contributed by atoms with Crippen molar-refractivity contribution < 1.29 is 37.3 Å². The van der Waals surface area contributed by atoms with E-state index in [4.69, 9.17) is 13.8 Å². The van der Waals surface area contributed by atoms with E-state index in [2.05, 4.69) is 123 Å². The molecule has 2 N–H and O–H groups in total. The molecule has 490 valence electrons. The van der Waals surface area contributed by atoms with Gasteiger partial charge >= 0.3 is 13.8 Å². The van der Waals surface area contributed by atoms with Gasteiger partial charge in [0.2, 0.25) is 5.91 Å². The molecule has 0 aliphatic rings. The summed E-state index contributed by atoms with van der Waals surface area (Å²) in [7, 11) is 1.47. The number of phosphoric acid groups is 1. The van der Waals surface area contributed by atoms with Crippen LogP contribution in [0, 0.1) is 0 Å². The van der Waals surface area contributed by atoms with Crippen LogP contribution in [0.25, 0.3) is 0 Å². The van der Waals surface area contributed by atoms with Gasteiger partial charge in [0.05, 0.1) is 33.8 Å². The van der Waals surface area contributed by atoms with Crippen LogP contribution in [0.1, 0.15) is 303 Å². The van der Waals surface area contributed by atoms with Crippen LogP contribution in [-0.4, -0.2) is 74.3 Å². The number of quaternary nitrogens is 1. The Bertz CT molecular complexity index is 1820. The number of carbonyl (C=O) groups is 2. The molecule has 0 radical (unpaired) electrons. The second-order valence-electron chi connectivity index (χ2n) is 24.7. The van der Waals surface area contributed by atoms with E-state index in [1.54, 1.807) is 0 Å². The number of likely N-dealkylation sites (N-methyl/N-ethyl adjacent to an activating group) is 1. The Morgan fingerprint density at radius 2 is 0.718 bits per heavy atom. The molecule has 10 heteroatoms. The lowest BCUT2D eigenvalue weighted by molar-refractivity contribution is -0.870. The summed E-state index contributed by atoms with van der Waals surface area (Å²) in [5, 5.41) is 3.06. The molecule has 0 heterocycles. The van der Waals surface area contributed by atoms with Crippen molar-refractivity contribution in [3.63, 3.8) is 0 Å². The predicted octanol–water partition coefficient (Wildman–Crippen LogP) is 22.5. The third kappa shape index (κ3) is 65.0. The van der Waals surface area contributed by atoms with Gasteiger partial charge in [-0.15, -0.1) is 0 Å². The molecule has 1 amide bonds. The van der Waals surface area contributed by atoms with Crippen LogP contribution >= 0.6 is 7.82 Å². The largest absolute Gasteiger partial charge is 0.472 e. The molecule has 0 aliphatic carbocycles. The maximum absolute atomic E-state index is 13.6. The molecule has 3 atom stereocenters. The van der Waals surface area contributed by atoms with Crippen LogP contribution in [-0.2, 0) is 27.9 Å². The average molecular weight is 1210 g/mol. The van der Waals surface area contributed by atoms with Crippen molar-refractivity contribution in [2.24, 2.45) is 0 Å². The van der Waals surface area contributed by atoms with Crippen LogP contribution in [0.15, 0.2) is 109 Å². The molecule has 3 unspecified atom stereocenters. The molecule has 85 heavy (non-hydrogen) atoms. The second kappa shape index (κ2) is 63.7. The predicted molar refractivity (Wildman–Crippen MR) is 369 cm³/mol. The van der Waals surface area contributed by atoms with Gasteiger partial charge in [-0.1, -0.05) is 278 Å². The number of nitrogens with one attached hydrogen (secondary N) is 1. The fourth-order valence-electron chi connectivity index (χ4n) is 9.73. The average Bonchev–Trinajstić information content (AvgIpc) is 3.58. The van der Waals surface area contributed by atoms with E-state index in [0.717, 1.165) is 122 Å².